The third-order valence-electron chi connectivity index (χ3n) is 15.1. The molecule has 0 aromatic heterocycles. The normalized spacial score (nSPS) is 46.5. The standard InChI is InChI=1S/C43H74O10/c1-12-31(29(9)44)33-16-15-24(4)38(50-33)28(8)36(46)27(7)37(47)32(13-2)39-25(5)23-26(6)42(51-39)20-17-34(45)43(53-42)22-21-40(11,52-43)35-18-19-41(48,14-3)30(10)49-35/h24-28,30-36,38-39,45-46,48H,12-23H2,1-11H3/t24-,25-,26+,27-,28-,30-,31-,32-,33+,34+,35+,36+,38+,39-,40-,41+,42-,43-/m0/s1. The van der Waals surface area contributed by atoms with E-state index in [1.54, 1.807) is 6.92 Å². The predicted octanol–water partition coefficient (Wildman–Crippen LogP) is 6.92. The van der Waals surface area contributed by atoms with Gasteiger partial charge in [0.2, 0.25) is 0 Å². The Kier molecular flexibility index (Phi) is 13.4. The van der Waals surface area contributed by atoms with E-state index in [2.05, 4.69) is 20.8 Å². The van der Waals surface area contributed by atoms with Crippen molar-refractivity contribution < 1.29 is 48.6 Å². The molecule has 10 nitrogen and oxygen atoms in total. The minimum absolute atomic E-state index is 0.00503. The fourth-order valence-corrected chi connectivity index (χ4v) is 11.1. The van der Waals surface area contributed by atoms with Crippen LogP contribution in [0.2, 0.25) is 0 Å². The summed E-state index contributed by atoms with van der Waals surface area (Å²) in [5, 5.41) is 34.4. The van der Waals surface area contributed by atoms with E-state index in [0.717, 1.165) is 25.7 Å². The predicted molar refractivity (Wildman–Crippen MR) is 202 cm³/mol. The van der Waals surface area contributed by atoms with Gasteiger partial charge in [0, 0.05) is 42.4 Å². The summed E-state index contributed by atoms with van der Waals surface area (Å²) in [5.74, 6) is -3.48. The topological polar surface area (TPSA) is 141 Å². The zero-order valence-electron chi connectivity index (χ0n) is 34.8. The van der Waals surface area contributed by atoms with Gasteiger partial charge in [0.15, 0.2) is 11.6 Å². The lowest BCUT2D eigenvalue weighted by Gasteiger charge is -2.56. The number of ketones is 2. The molecule has 2 spiro atoms. The Morgan fingerprint density at radius 1 is 0.811 bits per heavy atom. The highest BCUT2D eigenvalue weighted by atomic mass is 16.8. The average Bonchev–Trinajstić information content (AvgIpc) is 3.47. The van der Waals surface area contributed by atoms with Crippen LogP contribution in [-0.4, -0.2) is 92.4 Å². The number of hydrogen-bond acceptors (Lipinski definition) is 10. The van der Waals surface area contributed by atoms with Crippen molar-refractivity contribution in [1.29, 1.82) is 0 Å². The second kappa shape index (κ2) is 16.5. The first-order valence-electron chi connectivity index (χ1n) is 21.3. The van der Waals surface area contributed by atoms with Crippen molar-refractivity contribution >= 4 is 11.6 Å². The van der Waals surface area contributed by atoms with Crippen molar-refractivity contribution in [3.8, 4) is 0 Å². The van der Waals surface area contributed by atoms with Crippen LogP contribution < -0.4 is 0 Å². The number of aliphatic hydroxyl groups excluding tert-OH is 2. The summed E-state index contributed by atoms with van der Waals surface area (Å²) in [6.45, 7) is 21.8. The van der Waals surface area contributed by atoms with Gasteiger partial charge in [-0.25, -0.2) is 0 Å². The van der Waals surface area contributed by atoms with Crippen molar-refractivity contribution in [1.82, 2.24) is 0 Å². The van der Waals surface area contributed by atoms with Crippen LogP contribution in [0.5, 0.6) is 0 Å². The molecule has 5 aliphatic heterocycles. The quantitative estimate of drug-likeness (QED) is 0.193. The fourth-order valence-electron chi connectivity index (χ4n) is 11.1. The summed E-state index contributed by atoms with van der Waals surface area (Å²) in [5.41, 5.74) is -1.57. The minimum Gasteiger partial charge on any atom is -0.392 e. The average molecular weight is 751 g/mol. The number of Topliss-reactive ketones (excluding diaryl/α,β-unsaturated/α-hetero) is 2. The van der Waals surface area contributed by atoms with Crippen molar-refractivity contribution in [3.05, 3.63) is 0 Å². The van der Waals surface area contributed by atoms with E-state index < -0.39 is 52.9 Å². The molecule has 0 saturated carbocycles. The summed E-state index contributed by atoms with van der Waals surface area (Å²) >= 11 is 0. The number of rotatable bonds is 12. The molecule has 0 unspecified atom stereocenters. The van der Waals surface area contributed by atoms with Crippen molar-refractivity contribution in [3.63, 3.8) is 0 Å². The van der Waals surface area contributed by atoms with Crippen LogP contribution in [0.3, 0.4) is 0 Å². The van der Waals surface area contributed by atoms with Crippen molar-refractivity contribution in [2.24, 2.45) is 41.4 Å². The first kappa shape index (κ1) is 43.1. The second-order valence-corrected chi connectivity index (χ2v) is 18.5. The first-order valence-corrected chi connectivity index (χ1v) is 21.3. The van der Waals surface area contributed by atoms with E-state index in [1.165, 1.54) is 0 Å². The monoisotopic (exact) mass is 751 g/mol. The lowest BCUT2D eigenvalue weighted by atomic mass is 9.72. The summed E-state index contributed by atoms with van der Waals surface area (Å²) in [6.07, 6.45) is 4.55. The minimum atomic E-state index is -1.27. The summed E-state index contributed by atoms with van der Waals surface area (Å²) in [6, 6.07) is 0. The molecule has 0 bridgehead atoms. The molecule has 10 heteroatoms. The van der Waals surface area contributed by atoms with Crippen molar-refractivity contribution in [2.75, 3.05) is 0 Å². The highest BCUT2D eigenvalue weighted by molar-refractivity contribution is 5.84. The smallest absolute Gasteiger partial charge is 0.198 e. The summed E-state index contributed by atoms with van der Waals surface area (Å²) < 4.78 is 34.0. The van der Waals surface area contributed by atoms with Crippen LogP contribution >= 0.6 is 0 Å². The van der Waals surface area contributed by atoms with E-state index >= 15 is 0 Å². The molecule has 5 rings (SSSR count). The Morgan fingerprint density at radius 2 is 1.49 bits per heavy atom. The lowest BCUT2D eigenvalue weighted by Crippen LogP contribution is -2.65. The molecule has 306 valence electrons. The van der Waals surface area contributed by atoms with E-state index in [0.29, 0.717) is 51.4 Å². The zero-order valence-corrected chi connectivity index (χ0v) is 34.8. The fraction of sp³-hybridized carbons (Fsp3) is 0.953. The van der Waals surface area contributed by atoms with Gasteiger partial charge in [0.05, 0.1) is 47.8 Å². The maximum Gasteiger partial charge on any atom is 0.198 e. The van der Waals surface area contributed by atoms with Gasteiger partial charge in [-0.1, -0.05) is 55.4 Å². The molecular weight excluding hydrogens is 676 g/mol. The van der Waals surface area contributed by atoms with Crippen molar-refractivity contribution in [2.45, 2.75) is 219 Å². The highest BCUT2D eigenvalue weighted by Gasteiger charge is 2.64. The molecule has 0 aromatic rings. The highest BCUT2D eigenvalue weighted by Crippen LogP contribution is 2.56. The molecule has 5 heterocycles. The molecule has 3 N–H and O–H groups in total. The number of aliphatic hydroxyl groups is 3. The van der Waals surface area contributed by atoms with E-state index in [4.69, 9.17) is 23.7 Å². The Balaban J connectivity index is 1.30. The third-order valence-corrected chi connectivity index (χ3v) is 15.1. The molecule has 0 aromatic carbocycles. The third kappa shape index (κ3) is 8.10. The van der Waals surface area contributed by atoms with Crippen LogP contribution in [0, 0.1) is 41.4 Å². The number of carbonyl (C=O) groups is 2. The van der Waals surface area contributed by atoms with Crippen LogP contribution in [0.25, 0.3) is 0 Å². The van der Waals surface area contributed by atoms with Gasteiger partial charge in [-0.2, -0.15) is 0 Å². The van der Waals surface area contributed by atoms with Gasteiger partial charge in [0.25, 0.3) is 0 Å². The first-order chi connectivity index (χ1) is 24.8. The number of carbonyl (C=O) groups excluding carboxylic acids is 2. The van der Waals surface area contributed by atoms with Crippen LogP contribution in [-0.2, 0) is 33.3 Å². The number of ether oxygens (including phenoxy) is 5. The van der Waals surface area contributed by atoms with E-state index in [1.807, 2.05) is 48.5 Å². The largest absolute Gasteiger partial charge is 0.392 e. The Labute approximate surface area is 319 Å². The van der Waals surface area contributed by atoms with E-state index in [-0.39, 0.29) is 65.6 Å². The number of hydrogen-bond donors (Lipinski definition) is 3. The van der Waals surface area contributed by atoms with E-state index in [9.17, 15) is 24.9 Å². The molecule has 0 radical (unpaired) electrons. The molecule has 5 aliphatic rings. The van der Waals surface area contributed by atoms with Crippen LogP contribution in [0.1, 0.15) is 153 Å². The lowest BCUT2D eigenvalue weighted by molar-refractivity contribution is -0.442. The Hall–Kier alpha value is -0.980. The van der Waals surface area contributed by atoms with Gasteiger partial charge in [-0.15, -0.1) is 0 Å². The molecule has 5 fully saturated rings. The Morgan fingerprint density at radius 3 is 2.09 bits per heavy atom. The maximum atomic E-state index is 14.5. The SMILES string of the molecule is CC[C@@H](C(=O)[C@@H](C)[C@@H](O)[C@H](C)[C@@H]1O[C@@H]([C@@H](CC)C(C)=O)CC[C@@H]1C)[C@H]1O[C@]2(CC[C@@H](O)[C@]3(CC[C@@](C)([C@H]4CC[C@](O)(CC)[C@H](C)O4)O3)O2)[C@H](C)C[C@@H]1C. The second-order valence-electron chi connectivity index (χ2n) is 18.5. The van der Waals surface area contributed by atoms with Gasteiger partial charge < -0.3 is 39.0 Å². The maximum absolute atomic E-state index is 14.5. The molecule has 53 heavy (non-hydrogen) atoms. The van der Waals surface area contributed by atoms with Gasteiger partial charge in [0.1, 0.15) is 17.7 Å². The van der Waals surface area contributed by atoms with Gasteiger partial charge in [-0.3, -0.25) is 9.59 Å². The summed E-state index contributed by atoms with van der Waals surface area (Å²) in [4.78, 5) is 26.9. The molecule has 5 saturated heterocycles. The summed E-state index contributed by atoms with van der Waals surface area (Å²) in [7, 11) is 0. The van der Waals surface area contributed by atoms with Gasteiger partial charge >= 0.3 is 0 Å². The van der Waals surface area contributed by atoms with Gasteiger partial charge in [-0.05, 0) is 96.8 Å². The Bertz CT molecular complexity index is 1280. The molecule has 0 amide bonds. The molecule has 18 atom stereocenters. The van der Waals surface area contributed by atoms with Crippen LogP contribution in [0.4, 0.5) is 0 Å². The molecular formula is C43H74O10. The van der Waals surface area contributed by atoms with Crippen LogP contribution in [0.15, 0.2) is 0 Å². The molecule has 0 aliphatic carbocycles. The zero-order chi connectivity index (χ0) is 39.3.